The van der Waals surface area contributed by atoms with Crippen LogP contribution in [-0.4, -0.2) is 45.9 Å². The Morgan fingerprint density at radius 2 is 2.22 bits per heavy atom. The number of carbonyl (C=O) groups excluding carboxylic acids is 1. The number of nitrogens with zero attached hydrogens (tertiary/aromatic N) is 4. The lowest BCUT2D eigenvalue weighted by Crippen LogP contribution is -2.30. The molecule has 23 heavy (non-hydrogen) atoms. The van der Waals surface area contributed by atoms with Gasteiger partial charge >= 0.3 is 0 Å². The molecule has 0 aliphatic carbocycles. The van der Waals surface area contributed by atoms with Crippen LogP contribution in [0.3, 0.4) is 0 Å². The van der Waals surface area contributed by atoms with Gasteiger partial charge in [-0.05, 0) is 44.3 Å². The number of nitrogens with one attached hydrogen (secondary N) is 1. The predicted octanol–water partition coefficient (Wildman–Crippen LogP) is 2.52. The third-order valence-electron chi connectivity index (χ3n) is 4.27. The van der Waals surface area contributed by atoms with Crippen molar-refractivity contribution in [2.24, 2.45) is 0 Å². The number of thiophene rings is 1. The Labute approximate surface area is 146 Å². The van der Waals surface area contributed by atoms with Crippen LogP contribution >= 0.6 is 23.7 Å². The Bertz CT molecular complexity index is 624. The number of amides is 1. The van der Waals surface area contributed by atoms with Crippen molar-refractivity contribution in [3.8, 4) is 0 Å². The van der Waals surface area contributed by atoms with E-state index in [-0.39, 0.29) is 24.4 Å². The Morgan fingerprint density at radius 3 is 2.87 bits per heavy atom. The van der Waals surface area contributed by atoms with E-state index in [2.05, 4.69) is 15.6 Å². The van der Waals surface area contributed by atoms with Gasteiger partial charge in [-0.25, -0.2) is 4.68 Å². The van der Waals surface area contributed by atoms with Crippen molar-refractivity contribution >= 4 is 29.7 Å². The van der Waals surface area contributed by atoms with E-state index in [1.54, 1.807) is 22.4 Å². The quantitative estimate of drug-likeness (QED) is 0.915. The van der Waals surface area contributed by atoms with E-state index >= 15 is 0 Å². The normalized spacial score (nSPS) is 16.6. The maximum atomic E-state index is 12.6. The summed E-state index contributed by atoms with van der Waals surface area (Å²) in [5, 5.41) is 13.6. The van der Waals surface area contributed by atoms with Gasteiger partial charge in [0, 0.05) is 11.9 Å². The second-order valence-corrected chi connectivity index (χ2v) is 6.65. The summed E-state index contributed by atoms with van der Waals surface area (Å²) in [4.78, 5) is 15.5. The fourth-order valence-corrected chi connectivity index (χ4v) is 3.53. The summed E-state index contributed by atoms with van der Waals surface area (Å²) in [6.07, 6.45) is 3.84. The molecule has 1 saturated heterocycles. The summed E-state index contributed by atoms with van der Waals surface area (Å²) < 4.78 is 1.84. The number of aromatic nitrogens is 3. The average Bonchev–Trinajstić information content (AvgIpc) is 3.25. The van der Waals surface area contributed by atoms with Crippen LogP contribution in [0.15, 0.2) is 23.7 Å². The van der Waals surface area contributed by atoms with Crippen LogP contribution in [0.4, 0.5) is 0 Å². The molecule has 0 bridgehead atoms. The van der Waals surface area contributed by atoms with Gasteiger partial charge in [-0.2, -0.15) is 0 Å². The number of halogens is 1. The lowest BCUT2D eigenvalue weighted by atomic mass is 10.1. The third-order valence-corrected chi connectivity index (χ3v) is 5.31. The monoisotopic (exact) mass is 355 g/mol. The minimum atomic E-state index is -0.0823. The lowest BCUT2D eigenvalue weighted by Gasteiger charge is -2.23. The smallest absolute Gasteiger partial charge is 0.276 e. The Kier molecular flexibility index (Phi) is 6.15. The highest BCUT2D eigenvalue weighted by molar-refractivity contribution is 7.10. The van der Waals surface area contributed by atoms with Crippen molar-refractivity contribution < 1.29 is 4.79 Å². The highest BCUT2D eigenvalue weighted by atomic mass is 35.5. The first kappa shape index (κ1) is 17.9. The molecule has 3 rings (SSSR count). The summed E-state index contributed by atoms with van der Waals surface area (Å²) >= 11 is 1.66. The zero-order chi connectivity index (χ0) is 15.5. The number of hydrogen-bond donors (Lipinski definition) is 1. The molecular weight excluding hydrogens is 334 g/mol. The van der Waals surface area contributed by atoms with Crippen LogP contribution < -0.4 is 5.32 Å². The van der Waals surface area contributed by atoms with E-state index in [1.807, 2.05) is 36.2 Å². The highest BCUT2D eigenvalue weighted by Crippen LogP contribution is 2.24. The molecule has 1 aliphatic rings. The second-order valence-electron chi connectivity index (χ2n) is 5.67. The predicted molar refractivity (Wildman–Crippen MR) is 93.2 cm³/mol. The van der Waals surface area contributed by atoms with E-state index in [1.165, 1.54) is 4.88 Å². The molecule has 1 atom stereocenters. The number of piperidine rings is 1. The zero-order valence-electron chi connectivity index (χ0n) is 13.3. The fourth-order valence-electron chi connectivity index (χ4n) is 2.70. The summed E-state index contributed by atoms with van der Waals surface area (Å²) in [5.41, 5.74) is 0.421. The molecule has 0 aromatic carbocycles. The van der Waals surface area contributed by atoms with Crippen LogP contribution in [0.25, 0.3) is 0 Å². The Morgan fingerprint density at radius 1 is 1.48 bits per heavy atom. The van der Waals surface area contributed by atoms with Gasteiger partial charge in [0.1, 0.15) is 0 Å². The average molecular weight is 356 g/mol. The summed E-state index contributed by atoms with van der Waals surface area (Å²) in [5.74, 6) is -0.0823. The number of carbonyl (C=O) groups is 1. The van der Waals surface area contributed by atoms with Crippen molar-refractivity contribution in [2.45, 2.75) is 31.8 Å². The van der Waals surface area contributed by atoms with E-state index in [4.69, 9.17) is 0 Å². The molecule has 2 aromatic rings. The van der Waals surface area contributed by atoms with Gasteiger partial charge in [-0.3, -0.25) is 4.79 Å². The van der Waals surface area contributed by atoms with E-state index < -0.39 is 0 Å². The van der Waals surface area contributed by atoms with Gasteiger partial charge in [-0.1, -0.05) is 11.3 Å². The highest BCUT2D eigenvalue weighted by Gasteiger charge is 2.24. The molecule has 1 fully saturated rings. The molecule has 126 valence electrons. The van der Waals surface area contributed by atoms with E-state index in [0.717, 1.165) is 25.9 Å². The largest absolute Gasteiger partial charge is 0.333 e. The Hall–Kier alpha value is -1.44. The lowest BCUT2D eigenvalue weighted by molar-refractivity contribution is 0.0739. The minimum Gasteiger partial charge on any atom is -0.333 e. The molecule has 8 heteroatoms. The van der Waals surface area contributed by atoms with Gasteiger partial charge in [0.2, 0.25) is 0 Å². The third kappa shape index (κ3) is 3.91. The van der Waals surface area contributed by atoms with Crippen molar-refractivity contribution in [3.63, 3.8) is 0 Å². The SMILES string of the molecule is CC(c1cccs1)N(C)C(=O)c1cn(C2CCNCC2)nn1.Cl. The molecule has 0 spiro atoms. The van der Waals surface area contributed by atoms with Crippen LogP contribution in [0.2, 0.25) is 0 Å². The summed E-state index contributed by atoms with van der Waals surface area (Å²) in [7, 11) is 1.82. The molecule has 1 aliphatic heterocycles. The molecule has 1 amide bonds. The molecule has 1 N–H and O–H groups in total. The van der Waals surface area contributed by atoms with Crippen LogP contribution in [0.5, 0.6) is 0 Å². The first-order valence-electron chi connectivity index (χ1n) is 7.60. The molecule has 0 saturated carbocycles. The summed E-state index contributed by atoms with van der Waals surface area (Å²) in [6.45, 7) is 4.01. The van der Waals surface area contributed by atoms with Crippen molar-refractivity contribution in [2.75, 3.05) is 20.1 Å². The number of hydrogen-bond acceptors (Lipinski definition) is 5. The van der Waals surface area contributed by atoms with Crippen LogP contribution in [0.1, 0.15) is 47.2 Å². The van der Waals surface area contributed by atoms with Crippen molar-refractivity contribution in [1.82, 2.24) is 25.2 Å². The standard InChI is InChI=1S/C15H21N5OS.ClH/c1-11(14-4-3-9-22-14)19(2)15(21)13-10-20(18-17-13)12-5-7-16-8-6-12;/h3-4,9-12,16H,5-8H2,1-2H3;1H. The Balaban J connectivity index is 0.00000192. The van der Waals surface area contributed by atoms with Crippen LogP contribution in [-0.2, 0) is 0 Å². The minimum absolute atomic E-state index is 0. The second kappa shape index (κ2) is 7.90. The maximum Gasteiger partial charge on any atom is 0.276 e. The van der Waals surface area contributed by atoms with Crippen molar-refractivity contribution in [1.29, 1.82) is 0 Å². The molecule has 1 unspecified atom stereocenters. The molecule has 6 nitrogen and oxygen atoms in total. The van der Waals surface area contributed by atoms with Gasteiger partial charge in [-0.15, -0.1) is 28.8 Å². The van der Waals surface area contributed by atoms with Gasteiger partial charge in [0.25, 0.3) is 5.91 Å². The fraction of sp³-hybridized carbons (Fsp3) is 0.533. The maximum absolute atomic E-state index is 12.6. The molecule has 0 radical (unpaired) electrons. The van der Waals surface area contributed by atoms with Crippen molar-refractivity contribution in [3.05, 3.63) is 34.3 Å². The van der Waals surface area contributed by atoms with E-state index in [0.29, 0.717) is 11.7 Å². The summed E-state index contributed by atoms with van der Waals surface area (Å²) in [6, 6.07) is 4.43. The number of rotatable bonds is 4. The van der Waals surface area contributed by atoms with E-state index in [9.17, 15) is 4.79 Å². The van der Waals surface area contributed by atoms with Gasteiger partial charge in [0.15, 0.2) is 5.69 Å². The first-order chi connectivity index (χ1) is 10.7. The van der Waals surface area contributed by atoms with Crippen LogP contribution in [0, 0.1) is 0 Å². The molecular formula is C15H22ClN5OS. The van der Waals surface area contributed by atoms with Gasteiger partial charge < -0.3 is 10.2 Å². The first-order valence-corrected chi connectivity index (χ1v) is 8.48. The topological polar surface area (TPSA) is 63.1 Å². The molecule has 2 aromatic heterocycles. The zero-order valence-corrected chi connectivity index (χ0v) is 14.9. The molecule has 3 heterocycles. The van der Waals surface area contributed by atoms with Gasteiger partial charge in [0.05, 0.1) is 18.3 Å².